The summed E-state index contributed by atoms with van der Waals surface area (Å²) < 4.78 is 29.3. The van der Waals surface area contributed by atoms with Crippen molar-refractivity contribution < 1.29 is 27.6 Å². The van der Waals surface area contributed by atoms with Crippen molar-refractivity contribution in [1.82, 2.24) is 26.0 Å². The molecule has 4 bridgehead atoms. The minimum atomic E-state index is -4.06. The fourth-order valence-corrected chi connectivity index (χ4v) is 10.5. The van der Waals surface area contributed by atoms with Crippen LogP contribution in [0, 0.1) is 41.9 Å². The monoisotopic (exact) mass is 762 g/mol. The number of sulfonamides is 1. The van der Waals surface area contributed by atoms with Crippen LogP contribution in [0.4, 0.5) is 0 Å². The van der Waals surface area contributed by atoms with Crippen LogP contribution in [0.25, 0.3) is 0 Å². The molecule has 4 amide bonds. The Labute approximate surface area is 316 Å². The van der Waals surface area contributed by atoms with Gasteiger partial charge < -0.3 is 27.0 Å². The standard InChI is InChI=1S/C38H62N6O6S2/c1-6-25(5)33(44-52(49,50)29-12-10-24(4)11-13-29)37(48)41-30(35(46)42-31(21-51)36(47)43-32(23(2)3)34(39)45)9-7-8-14-40-22-38-18-26-15-27(19-38)17-28(16-26)20-38/h10-13,23,25-28,30-33,40,44,51H,6-9,14-22H2,1-5H3,(H2,39,45)(H,41,48)(H,42,46)(H,43,47)/t25-,26?,27?,28?,30-,31-,32-,33-,38?/m0/s1. The average molecular weight is 763 g/mol. The van der Waals surface area contributed by atoms with Crippen LogP contribution in [0.5, 0.6) is 0 Å². The predicted octanol–water partition coefficient (Wildman–Crippen LogP) is 3.19. The van der Waals surface area contributed by atoms with Crippen LogP contribution in [0.1, 0.15) is 97.5 Å². The Bertz CT molecular complexity index is 1470. The molecule has 5 atom stereocenters. The first-order valence-corrected chi connectivity index (χ1v) is 21.3. The summed E-state index contributed by atoms with van der Waals surface area (Å²) in [6.07, 6.45) is 10.3. The number of unbranched alkanes of at least 4 members (excludes halogenated alkanes) is 1. The van der Waals surface area contributed by atoms with Crippen LogP contribution < -0.4 is 31.7 Å². The van der Waals surface area contributed by atoms with Crippen molar-refractivity contribution in [3.05, 3.63) is 29.8 Å². The van der Waals surface area contributed by atoms with Crippen molar-refractivity contribution in [2.75, 3.05) is 18.8 Å². The van der Waals surface area contributed by atoms with E-state index >= 15 is 0 Å². The summed E-state index contributed by atoms with van der Waals surface area (Å²) >= 11 is 4.27. The molecule has 292 valence electrons. The molecular weight excluding hydrogens is 701 g/mol. The number of rotatable bonds is 21. The minimum absolute atomic E-state index is 0.0350. The largest absolute Gasteiger partial charge is 0.368 e. The van der Waals surface area contributed by atoms with Gasteiger partial charge in [-0.05, 0) is 118 Å². The molecule has 1 aromatic rings. The van der Waals surface area contributed by atoms with Gasteiger partial charge in [-0.2, -0.15) is 17.4 Å². The van der Waals surface area contributed by atoms with Crippen LogP contribution in [-0.4, -0.2) is 75.1 Å². The number of amides is 4. The zero-order valence-corrected chi connectivity index (χ0v) is 33.3. The SMILES string of the molecule is CC[C@H](C)[C@H](NS(=O)(=O)c1ccc(C)cc1)C(=O)N[C@@H](CCCCNCC12CC3CC(CC(C3)C1)C2)C(=O)N[C@@H](CS)C(=O)N[C@H](C(N)=O)C(C)C. The van der Waals surface area contributed by atoms with E-state index in [1.54, 1.807) is 32.9 Å². The fourth-order valence-electron chi connectivity index (χ4n) is 8.89. The number of carbonyl (C=O) groups excluding carboxylic acids is 4. The molecule has 14 heteroatoms. The lowest BCUT2D eigenvalue weighted by Gasteiger charge is -2.57. The first-order valence-electron chi connectivity index (χ1n) is 19.2. The molecule has 0 unspecified atom stereocenters. The van der Waals surface area contributed by atoms with Gasteiger partial charge in [0.2, 0.25) is 33.7 Å². The van der Waals surface area contributed by atoms with Gasteiger partial charge in [0, 0.05) is 12.3 Å². The van der Waals surface area contributed by atoms with E-state index in [1.807, 2.05) is 13.8 Å². The second-order valence-corrected chi connectivity index (χ2v) is 18.4. The lowest BCUT2D eigenvalue weighted by atomic mass is 9.49. The highest BCUT2D eigenvalue weighted by Gasteiger charge is 2.50. The lowest BCUT2D eigenvalue weighted by molar-refractivity contribution is -0.133. The molecular formula is C38H62N6O6S2. The summed E-state index contributed by atoms with van der Waals surface area (Å²) in [5.74, 6) is -0.647. The molecule has 4 aliphatic rings. The van der Waals surface area contributed by atoms with Gasteiger partial charge in [-0.3, -0.25) is 19.2 Å². The highest BCUT2D eigenvalue weighted by molar-refractivity contribution is 7.89. The summed E-state index contributed by atoms with van der Waals surface area (Å²) in [5.41, 5.74) is 6.79. The Morgan fingerprint density at radius 1 is 0.846 bits per heavy atom. The van der Waals surface area contributed by atoms with Crippen molar-refractivity contribution in [2.45, 2.75) is 128 Å². The van der Waals surface area contributed by atoms with Crippen molar-refractivity contribution in [3.63, 3.8) is 0 Å². The van der Waals surface area contributed by atoms with Crippen LogP contribution in [-0.2, 0) is 29.2 Å². The number of hydrogen-bond donors (Lipinski definition) is 7. The number of thiol groups is 1. The number of hydrogen-bond acceptors (Lipinski definition) is 8. The zero-order valence-electron chi connectivity index (χ0n) is 31.6. The number of nitrogens with one attached hydrogen (secondary N) is 5. The summed E-state index contributed by atoms with van der Waals surface area (Å²) in [4.78, 5) is 52.8. The topological polar surface area (TPSA) is 189 Å². The molecule has 0 aliphatic heterocycles. The molecule has 0 spiro atoms. The molecule has 4 aliphatic carbocycles. The molecule has 4 fully saturated rings. The van der Waals surface area contributed by atoms with Crippen LogP contribution >= 0.6 is 12.6 Å². The minimum Gasteiger partial charge on any atom is -0.368 e. The van der Waals surface area contributed by atoms with Gasteiger partial charge in [-0.1, -0.05) is 51.8 Å². The third kappa shape index (κ3) is 11.2. The third-order valence-electron chi connectivity index (χ3n) is 11.6. The normalized spacial score (nSPS) is 25.2. The number of carbonyl (C=O) groups is 4. The second-order valence-electron chi connectivity index (χ2n) is 16.3. The molecule has 4 saturated carbocycles. The Morgan fingerprint density at radius 3 is 1.92 bits per heavy atom. The van der Waals surface area contributed by atoms with Crippen molar-refractivity contribution in [2.24, 2.45) is 40.7 Å². The first kappa shape index (κ1) is 42.1. The molecule has 0 saturated heterocycles. The number of primary amides is 1. The van der Waals surface area contributed by atoms with Crippen LogP contribution in [0.2, 0.25) is 0 Å². The Hall–Kier alpha value is -2.68. The maximum Gasteiger partial charge on any atom is 0.244 e. The van der Waals surface area contributed by atoms with Crippen molar-refractivity contribution in [3.8, 4) is 0 Å². The van der Waals surface area contributed by atoms with Gasteiger partial charge in [0.25, 0.3) is 0 Å². The van der Waals surface area contributed by atoms with Gasteiger partial charge >= 0.3 is 0 Å². The van der Waals surface area contributed by atoms with Gasteiger partial charge in [0.05, 0.1) is 4.90 Å². The molecule has 0 heterocycles. The summed E-state index contributed by atoms with van der Waals surface area (Å²) in [7, 11) is -4.06. The van der Waals surface area contributed by atoms with Crippen molar-refractivity contribution >= 4 is 46.3 Å². The number of nitrogens with two attached hydrogens (primary N) is 1. The number of benzene rings is 1. The maximum atomic E-state index is 13.9. The number of aryl methyl sites for hydroxylation is 1. The Balaban J connectivity index is 1.42. The quantitative estimate of drug-likeness (QED) is 0.0740. The van der Waals surface area contributed by atoms with Crippen molar-refractivity contribution in [1.29, 1.82) is 0 Å². The molecule has 52 heavy (non-hydrogen) atoms. The molecule has 0 radical (unpaired) electrons. The average Bonchev–Trinajstić information content (AvgIpc) is 3.08. The summed E-state index contributed by atoms with van der Waals surface area (Å²) in [6.45, 7) is 10.8. The molecule has 5 rings (SSSR count). The van der Waals surface area contributed by atoms with Crippen LogP contribution in [0.15, 0.2) is 29.2 Å². The van der Waals surface area contributed by atoms with E-state index in [9.17, 15) is 27.6 Å². The lowest BCUT2D eigenvalue weighted by Crippen LogP contribution is -2.59. The van der Waals surface area contributed by atoms with E-state index in [-0.39, 0.29) is 23.0 Å². The van der Waals surface area contributed by atoms with E-state index in [0.717, 1.165) is 42.8 Å². The van der Waals surface area contributed by atoms with Gasteiger partial charge in [0.1, 0.15) is 24.2 Å². The van der Waals surface area contributed by atoms with E-state index in [4.69, 9.17) is 5.73 Å². The van der Waals surface area contributed by atoms with E-state index < -0.39 is 63.7 Å². The smallest absolute Gasteiger partial charge is 0.244 e. The van der Waals surface area contributed by atoms with Crippen LogP contribution in [0.3, 0.4) is 0 Å². The fraction of sp³-hybridized carbons (Fsp3) is 0.737. The van der Waals surface area contributed by atoms with Gasteiger partial charge in [-0.25, -0.2) is 8.42 Å². The predicted molar refractivity (Wildman–Crippen MR) is 206 cm³/mol. The molecule has 0 aromatic heterocycles. The first-order chi connectivity index (χ1) is 24.6. The van der Waals surface area contributed by atoms with Gasteiger partial charge in [-0.15, -0.1) is 0 Å². The maximum absolute atomic E-state index is 13.9. The molecule has 12 nitrogen and oxygen atoms in total. The zero-order chi connectivity index (χ0) is 38.2. The highest BCUT2D eigenvalue weighted by atomic mass is 32.2. The van der Waals surface area contributed by atoms with Gasteiger partial charge in [0.15, 0.2) is 0 Å². The Morgan fingerprint density at radius 2 is 1.40 bits per heavy atom. The van der Waals surface area contributed by atoms with E-state index in [1.165, 1.54) is 50.7 Å². The summed E-state index contributed by atoms with van der Waals surface area (Å²) in [6, 6.07) is 2.09. The molecule has 1 aromatic carbocycles. The second kappa shape index (κ2) is 18.6. The highest BCUT2D eigenvalue weighted by Crippen LogP contribution is 2.59. The third-order valence-corrected chi connectivity index (χ3v) is 13.4. The Kier molecular flexibility index (Phi) is 15.0. The van der Waals surface area contributed by atoms with E-state index in [0.29, 0.717) is 18.3 Å². The summed E-state index contributed by atoms with van der Waals surface area (Å²) in [5, 5.41) is 11.8. The van der Waals surface area contributed by atoms with E-state index in [2.05, 4.69) is 38.6 Å². The molecule has 7 N–H and O–H groups in total.